The highest BCUT2D eigenvalue weighted by atomic mass is 32.1. The van der Waals surface area contributed by atoms with E-state index in [0.29, 0.717) is 23.1 Å². The normalized spacial score (nSPS) is 18.1. The third kappa shape index (κ3) is 5.53. The van der Waals surface area contributed by atoms with Crippen molar-refractivity contribution in [3.05, 3.63) is 53.1 Å². The van der Waals surface area contributed by atoms with Gasteiger partial charge in [-0.1, -0.05) is 18.2 Å². The summed E-state index contributed by atoms with van der Waals surface area (Å²) >= 11 is 5.61. The van der Waals surface area contributed by atoms with Gasteiger partial charge in [0, 0.05) is 37.3 Å². The Bertz CT molecular complexity index is 1150. The van der Waals surface area contributed by atoms with E-state index in [1.54, 1.807) is 0 Å². The molecule has 0 radical (unpaired) electrons. The Morgan fingerprint density at radius 1 is 0.909 bits per heavy atom. The van der Waals surface area contributed by atoms with Crippen LogP contribution >= 0.6 is 12.2 Å². The van der Waals surface area contributed by atoms with Crippen molar-refractivity contribution in [3.63, 3.8) is 0 Å². The Labute approximate surface area is 202 Å². The predicted molar refractivity (Wildman–Crippen MR) is 144 cm³/mol. The number of benzene rings is 2. The number of thiocarbonyl (C=S) groups is 1. The van der Waals surface area contributed by atoms with Gasteiger partial charge < -0.3 is 20.9 Å². The van der Waals surface area contributed by atoms with Crippen LogP contribution in [0, 0.1) is 20.8 Å². The molecule has 0 spiro atoms. The van der Waals surface area contributed by atoms with Crippen molar-refractivity contribution in [1.82, 2.24) is 15.3 Å². The number of fused-ring (bicyclic) bond motifs is 1. The molecular formula is C26H34N6S. The van der Waals surface area contributed by atoms with Crippen LogP contribution in [0.15, 0.2) is 36.4 Å². The number of aromatic nitrogens is 2. The lowest BCUT2D eigenvalue weighted by atomic mass is 9.91. The highest BCUT2D eigenvalue weighted by Crippen LogP contribution is 2.26. The molecular weight excluding hydrogens is 428 g/mol. The lowest BCUT2D eigenvalue weighted by Gasteiger charge is -2.30. The SMILES string of the molecule is Cc1cc(C)c(NC(=S)N[C@H]2CC[C@@H](Nc3nc(N(C)C)c4ccccc4n3)CC2)cc1C. The summed E-state index contributed by atoms with van der Waals surface area (Å²) in [6, 6.07) is 13.3. The Morgan fingerprint density at radius 3 is 2.30 bits per heavy atom. The molecule has 2 aromatic carbocycles. The molecule has 3 N–H and O–H groups in total. The van der Waals surface area contributed by atoms with Crippen LogP contribution in [0.5, 0.6) is 0 Å². The molecule has 0 unspecified atom stereocenters. The second-order valence-electron chi connectivity index (χ2n) is 9.33. The molecule has 1 heterocycles. The van der Waals surface area contributed by atoms with E-state index in [9.17, 15) is 0 Å². The number of aryl methyl sites for hydroxylation is 3. The molecule has 1 fully saturated rings. The van der Waals surface area contributed by atoms with Crippen molar-refractivity contribution in [1.29, 1.82) is 0 Å². The van der Waals surface area contributed by atoms with Crippen LogP contribution in [-0.4, -0.2) is 41.3 Å². The number of hydrogen-bond donors (Lipinski definition) is 3. The maximum absolute atomic E-state index is 5.61. The van der Waals surface area contributed by atoms with E-state index >= 15 is 0 Å². The van der Waals surface area contributed by atoms with Gasteiger partial charge in [0.2, 0.25) is 5.95 Å². The van der Waals surface area contributed by atoms with Crippen molar-refractivity contribution in [2.45, 2.75) is 58.5 Å². The summed E-state index contributed by atoms with van der Waals surface area (Å²) in [5.41, 5.74) is 5.83. The minimum absolute atomic E-state index is 0.364. The maximum atomic E-state index is 5.61. The number of nitrogens with one attached hydrogen (secondary N) is 3. The zero-order valence-corrected chi connectivity index (χ0v) is 21.0. The van der Waals surface area contributed by atoms with E-state index in [0.717, 1.165) is 48.1 Å². The summed E-state index contributed by atoms with van der Waals surface area (Å²) in [6.45, 7) is 6.38. The Balaban J connectivity index is 1.33. The second-order valence-corrected chi connectivity index (χ2v) is 9.73. The molecule has 0 bridgehead atoms. The molecule has 1 aliphatic carbocycles. The fourth-order valence-corrected chi connectivity index (χ4v) is 4.75. The number of nitrogens with zero attached hydrogens (tertiary/aromatic N) is 3. The van der Waals surface area contributed by atoms with Crippen LogP contribution in [0.25, 0.3) is 10.9 Å². The number of para-hydroxylation sites is 1. The lowest BCUT2D eigenvalue weighted by Crippen LogP contribution is -2.42. The van der Waals surface area contributed by atoms with E-state index in [4.69, 9.17) is 22.2 Å². The number of rotatable bonds is 5. The van der Waals surface area contributed by atoms with Crippen molar-refractivity contribution in [2.24, 2.45) is 0 Å². The van der Waals surface area contributed by atoms with Gasteiger partial charge in [0.15, 0.2) is 5.11 Å². The quantitative estimate of drug-likeness (QED) is 0.443. The standard InChI is InChI=1S/C26H34N6S/c1-16-14-18(3)23(15-17(16)2)30-26(33)28-20-12-10-19(11-13-20)27-25-29-22-9-7-6-8-21(22)24(31-25)32(4)5/h6-9,14-15,19-20H,10-13H2,1-5H3,(H,27,29,31)(H2,28,30,33)/t19-,20+. The largest absolute Gasteiger partial charge is 0.362 e. The highest BCUT2D eigenvalue weighted by Gasteiger charge is 2.23. The topological polar surface area (TPSA) is 65.1 Å². The van der Waals surface area contributed by atoms with Crippen molar-refractivity contribution < 1.29 is 0 Å². The third-order valence-electron chi connectivity index (χ3n) is 6.49. The molecule has 0 aliphatic heterocycles. The van der Waals surface area contributed by atoms with E-state index < -0.39 is 0 Å². The number of hydrogen-bond acceptors (Lipinski definition) is 5. The molecule has 33 heavy (non-hydrogen) atoms. The first-order valence-electron chi connectivity index (χ1n) is 11.7. The van der Waals surface area contributed by atoms with Crippen LogP contribution in [0.4, 0.5) is 17.5 Å². The fourth-order valence-electron chi connectivity index (χ4n) is 4.47. The smallest absolute Gasteiger partial charge is 0.225 e. The predicted octanol–water partition coefficient (Wildman–Crippen LogP) is 5.33. The summed E-state index contributed by atoms with van der Waals surface area (Å²) in [5, 5.41) is 12.3. The first-order chi connectivity index (χ1) is 15.8. The minimum Gasteiger partial charge on any atom is -0.362 e. The molecule has 1 aromatic heterocycles. The summed E-state index contributed by atoms with van der Waals surface area (Å²) in [5.74, 6) is 1.65. The van der Waals surface area contributed by atoms with Crippen molar-refractivity contribution in [2.75, 3.05) is 29.6 Å². The Hall–Kier alpha value is -2.93. The second kappa shape index (κ2) is 9.91. The summed E-state index contributed by atoms with van der Waals surface area (Å²) in [7, 11) is 4.04. The van der Waals surface area contributed by atoms with Gasteiger partial charge in [-0.05, 0) is 93.6 Å². The first-order valence-corrected chi connectivity index (χ1v) is 12.1. The van der Waals surface area contributed by atoms with Crippen molar-refractivity contribution >= 4 is 45.7 Å². The number of anilines is 3. The van der Waals surface area contributed by atoms with Crippen LogP contribution in [-0.2, 0) is 0 Å². The molecule has 6 nitrogen and oxygen atoms in total. The van der Waals surface area contributed by atoms with Crippen LogP contribution in [0.1, 0.15) is 42.4 Å². The van der Waals surface area contributed by atoms with E-state index in [1.165, 1.54) is 16.7 Å². The molecule has 174 valence electrons. The molecule has 0 saturated heterocycles. The first kappa shape index (κ1) is 23.2. The molecule has 3 aromatic rings. The lowest BCUT2D eigenvalue weighted by molar-refractivity contribution is 0.387. The molecule has 7 heteroatoms. The van der Waals surface area contributed by atoms with Gasteiger partial charge in [-0.2, -0.15) is 4.98 Å². The summed E-state index contributed by atoms with van der Waals surface area (Å²) < 4.78 is 0. The van der Waals surface area contributed by atoms with Crippen molar-refractivity contribution in [3.8, 4) is 0 Å². The van der Waals surface area contributed by atoms with Gasteiger partial charge in [-0.25, -0.2) is 4.98 Å². The third-order valence-corrected chi connectivity index (χ3v) is 6.71. The average molecular weight is 463 g/mol. The Morgan fingerprint density at radius 2 is 1.58 bits per heavy atom. The molecule has 1 saturated carbocycles. The van der Waals surface area contributed by atoms with Gasteiger partial charge in [0.1, 0.15) is 5.82 Å². The monoisotopic (exact) mass is 462 g/mol. The average Bonchev–Trinajstić information content (AvgIpc) is 2.78. The van der Waals surface area contributed by atoms with Crippen LogP contribution < -0.4 is 20.9 Å². The van der Waals surface area contributed by atoms with Gasteiger partial charge in [-0.3, -0.25) is 0 Å². The summed E-state index contributed by atoms with van der Waals surface area (Å²) in [4.78, 5) is 11.6. The zero-order valence-electron chi connectivity index (χ0n) is 20.2. The molecule has 4 rings (SSSR count). The van der Waals surface area contributed by atoms with Gasteiger partial charge >= 0.3 is 0 Å². The van der Waals surface area contributed by atoms with Gasteiger partial charge in [-0.15, -0.1) is 0 Å². The van der Waals surface area contributed by atoms with E-state index in [-0.39, 0.29) is 0 Å². The van der Waals surface area contributed by atoms with E-state index in [2.05, 4.69) is 54.9 Å². The van der Waals surface area contributed by atoms with Crippen LogP contribution in [0.2, 0.25) is 0 Å². The highest BCUT2D eigenvalue weighted by molar-refractivity contribution is 7.80. The van der Waals surface area contributed by atoms with E-state index in [1.807, 2.05) is 37.2 Å². The van der Waals surface area contributed by atoms with Gasteiger partial charge in [0.05, 0.1) is 5.52 Å². The molecule has 1 aliphatic rings. The fraction of sp³-hybridized carbons (Fsp3) is 0.423. The zero-order chi connectivity index (χ0) is 23.5. The summed E-state index contributed by atoms with van der Waals surface area (Å²) in [6.07, 6.45) is 4.21. The minimum atomic E-state index is 0.364. The van der Waals surface area contributed by atoms with Gasteiger partial charge in [0.25, 0.3) is 0 Å². The molecule has 0 amide bonds. The Kier molecular flexibility index (Phi) is 6.98. The van der Waals surface area contributed by atoms with Crippen LogP contribution in [0.3, 0.4) is 0 Å². The maximum Gasteiger partial charge on any atom is 0.225 e. The molecule has 0 atom stereocenters.